The third kappa shape index (κ3) is 4.21. The molecule has 20 heavy (non-hydrogen) atoms. The lowest BCUT2D eigenvalue weighted by molar-refractivity contribution is -0.134. The van der Waals surface area contributed by atoms with E-state index < -0.39 is 6.04 Å². The first-order chi connectivity index (χ1) is 9.16. The Labute approximate surface area is 129 Å². The molecule has 1 atom stereocenters. The van der Waals surface area contributed by atoms with Crippen LogP contribution in [0.2, 0.25) is 0 Å². The summed E-state index contributed by atoms with van der Waals surface area (Å²) in [6, 6.07) is 5.21. The van der Waals surface area contributed by atoms with Crippen molar-refractivity contribution >= 4 is 21.8 Å². The molecule has 0 aliphatic heterocycles. The Hall–Kier alpha value is -1.07. The Morgan fingerprint density at radius 2 is 2.05 bits per heavy atom. The lowest BCUT2D eigenvalue weighted by Gasteiger charge is -2.30. The Morgan fingerprint density at radius 1 is 1.45 bits per heavy atom. The highest BCUT2D eigenvalue weighted by Crippen LogP contribution is 2.25. The van der Waals surface area contributed by atoms with E-state index in [0.717, 1.165) is 15.8 Å². The number of hydrogen-bond donors (Lipinski definition) is 1. The molecule has 0 aromatic heterocycles. The Kier molecular flexibility index (Phi) is 5.59. The minimum Gasteiger partial charge on any atom is -0.496 e. The van der Waals surface area contributed by atoms with Crippen molar-refractivity contribution in [2.24, 2.45) is 11.1 Å². The van der Waals surface area contributed by atoms with Gasteiger partial charge in [0.25, 0.3) is 0 Å². The maximum absolute atomic E-state index is 12.3. The monoisotopic (exact) mass is 342 g/mol. The van der Waals surface area contributed by atoms with Crippen LogP contribution in [0.3, 0.4) is 0 Å². The van der Waals surface area contributed by atoms with Crippen molar-refractivity contribution in [1.82, 2.24) is 4.90 Å². The van der Waals surface area contributed by atoms with Gasteiger partial charge in [0.05, 0.1) is 13.2 Å². The third-order valence-corrected chi connectivity index (χ3v) is 3.72. The number of amides is 1. The Balaban J connectivity index is 2.88. The van der Waals surface area contributed by atoms with Gasteiger partial charge in [0.15, 0.2) is 0 Å². The summed E-state index contributed by atoms with van der Waals surface area (Å²) in [4.78, 5) is 14.0. The summed E-state index contributed by atoms with van der Waals surface area (Å²) in [5, 5.41) is 0. The van der Waals surface area contributed by atoms with Gasteiger partial charge < -0.3 is 15.4 Å². The number of hydrogen-bond acceptors (Lipinski definition) is 3. The van der Waals surface area contributed by atoms with E-state index >= 15 is 0 Å². The van der Waals surface area contributed by atoms with Gasteiger partial charge in [0, 0.05) is 23.6 Å². The molecule has 0 aliphatic carbocycles. The molecular formula is C15H23BrN2O2. The van der Waals surface area contributed by atoms with Gasteiger partial charge in [-0.15, -0.1) is 0 Å². The zero-order valence-corrected chi connectivity index (χ0v) is 14.3. The van der Waals surface area contributed by atoms with Gasteiger partial charge in [-0.3, -0.25) is 4.79 Å². The van der Waals surface area contributed by atoms with Crippen LogP contribution >= 0.6 is 15.9 Å². The normalized spacial score (nSPS) is 12.9. The predicted molar refractivity (Wildman–Crippen MR) is 84.6 cm³/mol. The number of nitrogens with two attached hydrogens (primary N) is 1. The van der Waals surface area contributed by atoms with Gasteiger partial charge >= 0.3 is 0 Å². The van der Waals surface area contributed by atoms with Gasteiger partial charge in [0.1, 0.15) is 5.75 Å². The van der Waals surface area contributed by atoms with Crippen molar-refractivity contribution in [3.63, 3.8) is 0 Å². The number of benzene rings is 1. The molecule has 1 amide bonds. The standard InChI is InChI=1S/C15H23BrN2O2/c1-15(2,3)13(17)14(19)18(4)9-10-8-11(16)6-7-12(10)20-5/h6-8,13H,9,17H2,1-5H3. The number of halogens is 1. The number of carbonyl (C=O) groups is 1. The van der Waals surface area contributed by atoms with Crippen LogP contribution in [0.15, 0.2) is 22.7 Å². The molecule has 4 nitrogen and oxygen atoms in total. The van der Waals surface area contributed by atoms with Crippen LogP contribution in [-0.2, 0) is 11.3 Å². The molecule has 1 aromatic carbocycles. The summed E-state index contributed by atoms with van der Waals surface area (Å²) in [6.07, 6.45) is 0. The summed E-state index contributed by atoms with van der Waals surface area (Å²) in [5.41, 5.74) is 6.70. The second-order valence-electron chi connectivity index (χ2n) is 5.99. The van der Waals surface area contributed by atoms with E-state index in [2.05, 4.69) is 15.9 Å². The zero-order chi connectivity index (χ0) is 15.5. The number of ether oxygens (including phenoxy) is 1. The molecule has 0 aliphatic rings. The van der Waals surface area contributed by atoms with Crippen LogP contribution in [0.5, 0.6) is 5.75 Å². The highest BCUT2D eigenvalue weighted by atomic mass is 79.9. The van der Waals surface area contributed by atoms with Crippen LogP contribution in [0.4, 0.5) is 0 Å². The SMILES string of the molecule is COc1ccc(Br)cc1CN(C)C(=O)C(N)C(C)(C)C. The van der Waals surface area contributed by atoms with Gasteiger partial charge in [-0.2, -0.15) is 0 Å². The quantitative estimate of drug-likeness (QED) is 0.915. The third-order valence-electron chi connectivity index (χ3n) is 3.23. The molecular weight excluding hydrogens is 320 g/mol. The van der Waals surface area contributed by atoms with Crippen LogP contribution in [0, 0.1) is 5.41 Å². The molecule has 112 valence electrons. The zero-order valence-electron chi connectivity index (χ0n) is 12.7. The van der Waals surface area contributed by atoms with Crippen LogP contribution in [0.1, 0.15) is 26.3 Å². The highest BCUT2D eigenvalue weighted by Gasteiger charge is 2.29. The van der Waals surface area contributed by atoms with Crippen molar-refractivity contribution < 1.29 is 9.53 Å². The molecule has 0 spiro atoms. The minimum absolute atomic E-state index is 0.0699. The number of carbonyl (C=O) groups excluding carboxylic acids is 1. The minimum atomic E-state index is -0.523. The van der Waals surface area contributed by atoms with Crippen LogP contribution in [-0.4, -0.2) is 31.0 Å². The molecule has 0 saturated heterocycles. The molecule has 0 heterocycles. The van der Waals surface area contributed by atoms with E-state index in [9.17, 15) is 4.79 Å². The summed E-state index contributed by atoms with van der Waals surface area (Å²) in [6.45, 7) is 6.35. The van der Waals surface area contributed by atoms with E-state index in [0.29, 0.717) is 6.54 Å². The molecule has 0 fully saturated rings. The van der Waals surface area contributed by atoms with Crippen LogP contribution in [0.25, 0.3) is 0 Å². The smallest absolute Gasteiger partial charge is 0.240 e. The number of methoxy groups -OCH3 is 1. The van der Waals surface area contributed by atoms with Crippen molar-refractivity contribution in [3.8, 4) is 5.75 Å². The molecule has 1 rings (SSSR count). The largest absolute Gasteiger partial charge is 0.496 e. The van der Waals surface area contributed by atoms with E-state index in [-0.39, 0.29) is 11.3 Å². The van der Waals surface area contributed by atoms with Crippen molar-refractivity contribution in [2.45, 2.75) is 33.4 Å². The summed E-state index contributed by atoms with van der Waals surface area (Å²) in [7, 11) is 3.38. The molecule has 1 aromatic rings. The fourth-order valence-electron chi connectivity index (χ4n) is 1.81. The van der Waals surface area contributed by atoms with Gasteiger partial charge in [-0.1, -0.05) is 36.7 Å². The first-order valence-corrected chi connectivity index (χ1v) is 7.29. The number of likely N-dealkylation sites (N-methyl/N-ethyl adjacent to an activating group) is 1. The molecule has 0 saturated carbocycles. The average molecular weight is 343 g/mol. The summed E-state index contributed by atoms with van der Waals surface area (Å²) >= 11 is 3.43. The molecule has 2 N–H and O–H groups in total. The second kappa shape index (κ2) is 6.59. The first kappa shape index (κ1) is 17.0. The Morgan fingerprint density at radius 3 is 2.55 bits per heavy atom. The number of nitrogens with zero attached hydrogens (tertiary/aromatic N) is 1. The first-order valence-electron chi connectivity index (χ1n) is 6.49. The maximum Gasteiger partial charge on any atom is 0.240 e. The van der Waals surface area contributed by atoms with E-state index in [1.54, 1.807) is 19.1 Å². The Bertz CT molecular complexity index is 483. The molecule has 1 unspecified atom stereocenters. The van der Waals surface area contributed by atoms with E-state index in [1.807, 2.05) is 39.0 Å². The van der Waals surface area contributed by atoms with Crippen molar-refractivity contribution in [1.29, 1.82) is 0 Å². The lowest BCUT2D eigenvalue weighted by atomic mass is 9.86. The molecule has 0 bridgehead atoms. The number of rotatable bonds is 4. The fraction of sp³-hybridized carbons (Fsp3) is 0.533. The molecule has 5 heteroatoms. The molecule has 0 radical (unpaired) electrons. The van der Waals surface area contributed by atoms with Gasteiger partial charge in [-0.25, -0.2) is 0 Å². The second-order valence-corrected chi connectivity index (χ2v) is 6.91. The summed E-state index contributed by atoms with van der Waals surface area (Å²) < 4.78 is 6.27. The van der Waals surface area contributed by atoms with Crippen molar-refractivity contribution in [3.05, 3.63) is 28.2 Å². The van der Waals surface area contributed by atoms with Gasteiger partial charge in [-0.05, 0) is 23.6 Å². The van der Waals surface area contributed by atoms with Crippen molar-refractivity contribution in [2.75, 3.05) is 14.2 Å². The maximum atomic E-state index is 12.3. The highest BCUT2D eigenvalue weighted by molar-refractivity contribution is 9.10. The van der Waals surface area contributed by atoms with Gasteiger partial charge in [0.2, 0.25) is 5.91 Å². The summed E-state index contributed by atoms with van der Waals surface area (Å²) in [5.74, 6) is 0.691. The predicted octanol–water partition coefficient (Wildman–Crippen LogP) is 2.79. The van der Waals surface area contributed by atoms with Crippen LogP contribution < -0.4 is 10.5 Å². The topological polar surface area (TPSA) is 55.6 Å². The van der Waals surface area contributed by atoms with E-state index in [4.69, 9.17) is 10.5 Å². The fourth-order valence-corrected chi connectivity index (χ4v) is 2.22. The average Bonchev–Trinajstić information content (AvgIpc) is 2.36. The van der Waals surface area contributed by atoms with E-state index in [1.165, 1.54) is 0 Å². The lowest BCUT2D eigenvalue weighted by Crippen LogP contribution is -2.48.